The maximum absolute atomic E-state index is 5.31. The highest BCUT2D eigenvalue weighted by molar-refractivity contribution is 7.08. The Bertz CT molecular complexity index is 370. The van der Waals surface area contributed by atoms with Gasteiger partial charge < -0.3 is 15.5 Å². The van der Waals surface area contributed by atoms with Gasteiger partial charge in [0, 0.05) is 5.38 Å². The molecule has 3 N–H and O–H groups in total. The summed E-state index contributed by atoms with van der Waals surface area (Å²) in [6.45, 7) is 0.262. The van der Waals surface area contributed by atoms with Gasteiger partial charge >= 0.3 is 6.01 Å². The van der Waals surface area contributed by atoms with E-state index >= 15 is 0 Å². The van der Waals surface area contributed by atoms with Gasteiger partial charge in [-0.1, -0.05) is 5.10 Å². The second-order valence-electron chi connectivity index (χ2n) is 2.34. The topological polar surface area (TPSA) is 77.0 Å². The highest BCUT2D eigenvalue weighted by atomic mass is 32.1. The summed E-state index contributed by atoms with van der Waals surface area (Å²) >= 11 is 1.59. The van der Waals surface area contributed by atoms with Crippen molar-refractivity contribution in [2.75, 3.05) is 5.32 Å². The molecule has 0 radical (unpaired) electrons. The first-order valence-electron chi connectivity index (χ1n) is 3.70. The van der Waals surface area contributed by atoms with Gasteiger partial charge in [-0.2, -0.15) is 11.3 Å². The average molecular weight is 196 g/mol. The van der Waals surface area contributed by atoms with Crippen LogP contribution in [0.4, 0.5) is 11.7 Å². The molecule has 0 unspecified atom stereocenters. The van der Waals surface area contributed by atoms with E-state index in [4.69, 9.17) is 10.2 Å². The molecule has 0 fully saturated rings. The number of nitrogens with one attached hydrogen (secondary N) is 1. The molecule has 0 spiro atoms. The SMILES string of the molecule is NCc1nnc(Nc2ccsc2)o1. The van der Waals surface area contributed by atoms with E-state index in [0.29, 0.717) is 11.9 Å². The number of aromatic nitrogens is 2. The number of hydrogen-bond donors (Lipinski definition) is 2. The van der Waals surface area contributed by atoms with Crippen molar-refractivity contribution in [3.63, 3.8) is 0 Å². The third-order valence-electron chi connectivity index (χ3n) is 1.41. The number of rotatable bonds is 3. The lowest BCUT2D eigenvalue weighted by Crippen LogP contribution is -1.95. The molecule has 2 heterocycles. The summed E-state index contributed by atoms with van der Waals surface area (Å²) in [5, 5.41) is 14.3. The van der Waals surface area contributed by atoms with Gasteiger partial charge in [0.15, 0.2) is 0 Å². The summed E-state index contributed by atoms with van der Waals surface area (Å²) in [4.78, 5) is 0. The Labute approximate surface area is 78.6 Å². The van der Waals surface area contributed by atoms with Gasteiger partial charge in [-0.05, 0) is 11.4 Å². The zero-order valence-corrected chi connectivity index (χ0v) is 7.54. The van der Waals surface area contributed by atoms with E-state index in [1.165, 1.54) is 0 Å². The first kappa shape index (κ1) is 8.21. The molecule has 5 nitrogen and oxygen atoms in total. The Balaban J connectivity index is 2.10. The second kappa shape index (κ2) is 3.55. The predicted octanol–water partition coefficient (Wildman–Crippen LogP) is 1.33. The highest BCUT2D eigenvalue weighted by Gasteiger charge is 2.03. The lowest BCUT2D eigenvalue weighted by atomic mass is 10.5. The van der Waals surface area contributed by atoms with E-state index < -0.39 is 0 Å². The van der Waals surface area contributed by atoms with Gasteiger partial charge in [0.1, 0.15) is 0 Å². The van der Waals surface area contributed by atoms with Crippen molar-refractivity contribution in [2.24, 2.45) is 5.73 Å². The zero-order valence-electron chi connectivity index (χ0n) is 6.73. The van der Waals surface area contributed by atoms with Crippen molar-refractivity contribution in [3.05, 3.63) is 22.7 Å². The average Bonchev–Trinajstić information content (AvgIpc) is 2.76. The fourth-order valence-electron chi connectivity index (χ4n) is 0.846. The molecule has 0 aliphatic heterocycles. The fraction of sp³-hybridized carbons (Fsp3) is 0.143. The Hall–Kier alpha value is -1.40. The quantitative estimate of drug-likeness (QED) is 0.774. The minimum absolute atomic E-state index is 0.262. The van der Waals surface area contributed by atoms with E-state index in [1.807, 2.05) is 16.8 Å². The summed E-state index contributed by atoms with van der Waals surface area (Å²) in [6, 6.07) is 2.30. The fourth-order valence-corrected chi connectivity index (χ4v) is 1.43. The molecule has 6 heteroatoms. The van der Waals surface area contributed by atoms with Crippen LogP contribution in [0.25, 0.3) is 0 Å². The van der Waals surface area contributed by atoms with Crippen LogP contribution < -0.4 is 11.1 Å². The van der Waals surface area contributed by atoms with Gasteiger partial charge in [-0.3, -0.25) is 0 Å². The number of thiophene rings is 1. The molecule has 0 amide bonds. The number of hydrogen-bond acceptors (Lipinski definition) is 6. The molecule has 0 aliphatic rings. The first-order valence-corrected chi connectivity index (χ1v) is 4.64. The van der Waals surface area contributed by atoms with Gasteiger partial charge in [-0.15, -0.1) is 5.10 Å². The second-order valence-corrected chi connectivity index (χ2v) is 3.12. The third kappa shape index (κ3) is 1.85. The minimum Gasteiger partial charge on any atom is -0.406 e. The van der Waals surface area contributed by atoms with Crippen LogP contribution in [0.3, 0.4) is 0 Å². The lowest BCUT2D eigenvalue weighted by Gasteiger charge is -1.93. The Morgan fingerprint density at radius 2 is 2.46 bits per heavy atom. The van der Waals surface area contributed by atoms with E-state index in [0.717, 1.165) is 5.69 Å². The van der Waals surface area contributed by atoms with Crippen molar-refractivity contribution in [3.8, 4) is 0 Å². The van der Waals surface area contributed by atoms with E-state index in [2.05, 4.69) is 15.5 Å². The Morgan fingerprint density at radius 1 is 1.54 bits per heavy atom. The van der Waals surface area contributed by atoms with Gasteiger partial charge in [-0.25, -0.2) is 0 Å². The number of nitrogens with two attached hydrogens (primary N) is 1. The Morgan fingerprint density at radius 3 is 3.08 bits per heavy atom. The maximum Gasteiger partial charge on any atom is 0.320 e. The monoisotopic (exact) mass is 196 g/mol. The predicted molar refractivity (Wildman–Crippen MR) is 49.8 cm³/mol. The van der Waals surface area contributed by atoms with Crippen LogP contribution in [0.1, 0.15) is 5.89 Å². The summed E-state index contributed by atoms with van der Waals surface area (Å²) in [5.74, 6) is 0.428. The van der Waals surface area contributed by atoms with Crippen LogP contribution in [0.5, 0.6) is 0 Å². The van der Waals surface area contributed by atoms with Gasteiger partial charge in [0.05, 0.1) is 12.2 Å². The summed E-state index contributed by atoms with van der Waals surface area (Å²) in [7, 11) is 0. The van der Waals surface area contributed by atoms with E-state index in [1.54, 1.807) is 11.3 Å². The standard InChI is InChI=1S/C7H8N4OS/c8-3-6-10-11-7(12-6)9-5-1-2-13-4-5/h1-2,4H,3,8H2,(H,9,11). The number of nitrogens with zero attached hydrogens (tertiary/aromatic N) is 2. The minimum atomic E-state index is 0.262. The largest absolute Gasteiger partial charge is 0.406 e. The summed E-state index contributed by atoms with van der Waals surface area (Å²) in [5.41, 5.74) is 6.26. The van der Waals surface area contributed by atoms with Crippen molar-refractivity contribution in [1.29, 1.82) is 0 Å². The van der Waals surface area contributed by atoms with E-state index in [-0.39, 0.29) is 6.54 Å². The zero-order chi connectivity index (χ0) is 9.10. The molecule has 0 aromatic carbocycles. The normalized spacial score (nSPS) is 10.2. The molecule has 0 bridgehead atoms. The molecule has 68 valence electrons. The molecule has 0 aliphatic carbocycles. The molecule has 2 aromatic heterocycles. The van der Waals surface area contributed by atoms with Crippen LogP contribution in [0.2, 0.25) is 0 Å². The molecule has 2 aromatic rings. The van der Waals surface area contributed by atoms with Crippen LogP contribution in [0, 0.1) is 0 Å². The molecule has 13 heavy (non-hydrogen) atoms. The molecule has 0 saturated heterocycles. The maximum atomic E-state index is 5.31. The Kier molecular flexibility index (Phi) is 2.24. The summed E-state index contributed by atoms with van der Waals surface area (Å²) < 4.78 is 5.15. The van der Waals surface area contributed by atoms with Crippen molar-refractivity contribution >= 4 is 23.0 Å². The van der Waals surface area contributed by atoms with Crippen molar-refractivity contribution in [1.82, 2.24) is 10.2 Å². The molecule has 2 rings (SSSR count). The smallest absolute Gasteiger partial charge is 0.320 e. The van der Waals surface area contributed by atoms with E-state index in [9.17, 15) is 0 Å². The first-order chi connectivity index (χ1) is 6.38. The third-order valence-corrected chi connectivity index (χ3v) is 2.10. The van der Waals surface area contributed by atoms with Gasteiger partial charge in [0.25, 0.3) is 0 Å². The van der Waals surface area contributed by atoms with Crippen molar-refractivity contribution < 1.29 is 4.42 Å². The lowest BCUT2D eigenvalue weighted by molar-refractivity contribution is 0.511. The number of anilines is 2. The molecular weight excluding hydrogens is 188 g/mol. The highest BCUT2D eigenvalue weighted by Crippen LogP contribution is 2.17. The summed E-state index contributed by atoms with van der Waals surface area (Å²) in [6.07, 6.45) is 0. The van der Waals surface area contributed by atoms with Crippen LogP contribution in [0.15, 0.2) is 21.2 Å². The molecule has 0 saturated carbocycles. The van der Waals surface area contributed by atoms with Crippen LogP contribution in [-0.2, 0) is 6.54 Å². The van der Waals surface area contributed by atoms with Crippen molar-refractivity contribution in [2.45, 2.75) is 6.54 Å². The molecular formula is C7H8N4OS. The molecule has 0 atom stereocenters. The van der Waals surface area contributed by atoms with Crippen LogP contribution in [-0.4, -0.2) is 10.2 Å². The van der Waals surface area contributed by atoms with Crippen LogP contribution >= 0.6 is 11.3 Å². The van der Waals surface area contributed by atoms with Gasteiger partial charge in [0.2, 0.25) is 5.89 Å².